The third kappa shape index (κ3) is 9.95. The molecule has 0 aromatic heterocycles. The Balaban J connectivity index is 2.08. The maximum Gasteiger partial charge on any atom is 0.336 e. The summed E-state index contributed by atoms with van der Waals surface area (Å²) >= 11 is 0. The highest BCUT2D eigenvalue weighted by Crippen LogP contribution is 2.32. The summed E-state index contributed by atoms with van der Waals surface area (Å²) in [6.07, 6.45) is 14.6. The molecule has 0 saturated heterocycles. The number of unbranched alkanes of at least 4 members (excludes halogenated alkanes) is 10. The molecule has 0 spiro atoms. The average molecular weight is 485 g/mol. The molecule has 1 N–H and O–H groups in total. The lowest BCUT2D eigenvalue weighted by molar-refractivity contribution is 0.0697. The van der Waals surface area contributed by atoms with Gasteiger partial charge in [-0.3, -0.25) is 0 Å². The van der Waals surface area contributed by atoms with Gasteiger partial charge in [-0.2, -0.15) is 0 Å². The van der Waals surface area contributed by atoms with Gasteiger partial charge in [0.1, 0.15) is 5.83 Å². The van der Waals surface area contributed by atoms with E-state index in [9.17, 15) is 18.7 Å². The second kappa shape index (κ2) is 16.2. The first-order chi connectivity index (χ1) is 17.0. The molecule has 0 fully saturated rings. The number of hydrogen-bond donors (Lipinski definition) is 1. The van der Waals surface area contributed by atoms with Gasteiger partial charge in [0.15, 0.2) is 5.83 Å². The average Bonchev–Trinajstić information content (AvgIpc) is 2.87. The summed E-state index contributed by atoms with van der Waals surface area (Å²) in [5, 5.41) is 9.65. The topological polar surface area (TPSA) is 37.3 Å². The van der Waals surface area contributed by atoms with Crippen molar-refractivity contribution in [3.05, 3.63) is 65.0 Å². The van der Waals surface area contributed by atoms with Crippen LogP contribution in [0.5, 0.6) is 0 Å². The highest BCUT2D eigenvalue weighted by Gasteiger charge is 2.16. The van der Waals surface area contributed by atoms with Crippen molar-refractivity contribution in [1.29, 1.82) is 0 Å². The van der Waals surface area contributed by atoms with Crippen molar-refractivity contribution >= 4 is 11.8 Å². The van der Waals surface area contributed by atoms with Gasteiger partial charge in [-0.25, -0.2) is 13.6 Å². The summed E-state index contributed by atoms with van der Waals surface area (Å²) in [6, 6.07) is 12.0. The molecule has 2 rings (SSSR count). The number of aromatic carboxylic acids is 1. The SMILES string of the molecule is CCCCCCCCCc1ccc(-c2cc(/C(F)=C(\F)CCCCCCC)ccc2C(=O)O)cc1. The number of carboxylic acids is 1. The second-order valence-corrected chi connectivity index (χ2v) is 9.52. The zero-order chi connectivity index (χ0) is 25.5. The van der Waals surface area contributed by atoms with Crippen LogP contribution in [0.3, 0.4) is 0 Å². The molecular weight excluding hydrogens is 442 g/mol. The molecule has 192 valence electrons. The molecule has 2 nitrogen and oxygen atoms in total. The van der Waals surface area contributed by atoms with Crippen LogP contribution in [0.15, 0.2) is 48.3 Å². The van der Waals surface area contributed by atoms with Crippen LogP contribution in [-0.2, 0) is 6.42 Å². The van der Waals surface area contributed by atoms with Gasteiger partial charge in [-0.05, 0) is 48.1 Å². The number of hydrogen-bond acceptors (Lipinski definition) is 1. The standard InChI is InChI=1S/C31H42F2O2/c1-3-5-7-9-10-12-13-15-24-17-19-25(20-18-24)28-23-26(21-22-27(28)31(34)35)30(33)29(32)16-14-11-8-6-4-2/h17-23H,3-16H2,1-2H3,(H,34,35)/b30-29+. The molecule has 0 aliphatic heterocycles. The molecule has 0 atom stereocenters. The van der Waals surface area contributed by atoms with Gasteiger partial charge in [-0.15, -0.1) is 0 Å². The van der Waals surface area contributed by atoms with Crippen molar-refractivity contribution in [2.24, 2.45) is 0 Å². The first kappa shape index (κ1) is 28.7. The molecule has 0 unspecified atom stereocenters. The minimum atomic E-state index is -1.08. The summed E-state index contributed by atoms with van der Waals surface area (Å²) in [4.78, 5) is 11.8. The van der Waals surface area contributed by atoms with Crippen LogP contribution in [0.4, 0.5) is 8.78 Å². The molecule has 35 heavy (non-hydrogen) atoms. The molecule has 0 bridgehead atoms. The van der Waals surface area contributed by atoms with Crippen LogP contribution in [0.1, 0.15) is 119 Å². The van der Waals surface area contributed by atoms with E-state index in [1.54, 1.807) is 0 Å². The van der Waals surface area contributed by atoms with Gasteiger partial charge < -0.3 is 5.11 Å². The Labute approximate surface area is 210 Å². The monoisotopic (exact) mass is 484 g/mol. The smallest absolute Gasteiger partial charge is 0.336 e. The zero-order valence-electron chi connectivity index (χ0n) is 21.6. The fourth-order valence-corrected chi connectivity index (χ4v) is 4.39. The third-order valence-electron chi connectivity index (χ3n) is 6.58. The lowest BCUT2D eigenvalue weighted by Crippen LogP contribution is -2.00. The summed E-state index contributed by atoms with van der Waals surface area (Å²) in [7, 11) is 0. The van der Waals surface area contributed by atoms with E-state index in [1.165, 1.54) is 62.3 Å². The van der Waals surface area contributed by atoms with Crippen molar-refractivity contribution in [2.75, 3.05) is 0 Å². The summed E-state index contributed by atoms with van der Waals surface area (Å²) in [6.45, 7) is 4.34. The van der Waals surface area contributed by atoms with Gasteiger partial charge in [0.25, 0.3) is 0 Å². The van der Waals surface area contributed by atoms with Crippen LogP contribution >= 0.6 is 0 Å². The van der Waals surface area contributed by atoms with Crippen molar-refractivity contribution < 1.29 is 18.7 Å². The lowest BCUT2D eigenvalue weighted by Gasteiger charge is -2.11. The minimum absolute atomic E-state index is 0.0683. The third-order valence-corrected chi connectivity index (χ3v) is 6.58. The fourth-order valence-electron chi connectivity index (χ4n) is 4.39. The van der Waals surface area contributed by atoms with Gasteiger partial charge in [0, 0.05) is 12.0 Å². The number of carboxylic acid groups (broad SMARTS) is 1. The predicted molar refractivity (Wildman–Crippen MR) is 143 cm³/mol. The number of allylic oxidation sites excluding steroid dienone is 1. The van der Waals surface area contributed by atoms with E-state index in [4.69, 9.17) is 0 Å². The van der Waals surface area contributed by atoms with Crippen LogP contribution < -0.4 is 0 Å². The Kier molecular flexibility index (Phi) is 13.3. The predicted octanol–water partition coefficient (Wildman–Crippen LogP) is 10.3. The van der Waals surface area contributed by atoms with Gasteiger partial charge >= 0.3 is 5.97 Å². The second-order valence-electron chi connectivity index (χ2n) is 9.52. The van der Waals surface area contributed by atoms with Crippen LogP contribution in [0.25, 0.3) is 17.0 Å². The van der Waals surface area contributed by atoms with Crippen molar-refractivity contribution in [3.63, 3.8) is 0 Å². The molecule has 0 aliphatic carbocycles. The molecule has 0 saturated carbocycles. The van der Waals surface area contributed by atoms with E-state index >= 15 is 0 Å². The van der Waals surface area contributed by atoms with Gasteiger partial charge in [-0.1, -0.05) is 108 Å². The van der Waals surface area contributed by atoms with Crippen LogP contribution in [0.2, 0.25) is 0 Å². The highest BCUT2D eigenvalue weighted by atomic mass is 19.2. The van der Waals surface area contributed by atoms with Crippen LogP contribution in [-0.4, -0.2) is 11.1 Å². The largest absolute Gasteiger partial charge is 0.478 e. The summed E-state index contributed by atoms with van der Waals surface area (Å²) in [5.74, 6) is -2.74. The normalized spacial score (nSPS) is 12.0. The Bertz CT molecular complexity index is 931. The van der Waals surface area contributed by atoms with E-state index in [0.717, 1.165) is 38.5 Å². The van der Waals surface area contributed by atoms with E-state index in [-0.39, 0.29) is 17.5 Å². The maximum absolute atomic E-state index is 14.8. The molecule has 0 amide bonds. The number of rotatable bonds is 17. The molecule has 4 heteroatoms. The Morgan fingerprint density at radius 3 is 1.91 bits per heavy atom. The van der Waals surface area contributed by atoms with Crippen LogP contribution in [0, 0.1) is 0 Å². The molecule has 0 heterocycles. The Hall–Kier alpha value is -2.49. The molecule has 2 aromatic rings. The first-order valence-corrected chi connectivity index (χ1v) is 13.5. The summed E-state index contributed by atoms with van der Waals surface area (Å²) in [5.41, 5.74) is 2.48. The Morgan fingerprint density at radius 1 is 0.743 bits per heavy atom. The number of benzene rings is 2. The highest BCUT2D eigenvalue weighted by molar-refractivity contribution is 5.96. The number of halogens is 2. The quantitative estimate of drug-likeness (QED) is 0.227. The molecule has 0 aliphatic rings. The van der Waals surface area contributed by atoms with Gasteiger partial charge in [0.05, 0.1) is 5.56 Å². The number of carbonyl (C=O) groups is 1. The van der Waals surface area contributed by atoms with Crippen molar-refractivity contribution in [1.82, 2.24) is 0 Å². The minimum Gasteiger partial charge on any atom is -0.478 e. The molecular formula is C31H42F2O2. The Morgan fingerprint density at radius 2 is 1.31 bits per heavy atom. The zero-order valence-corrected chi connectivity index (χ0v) is 21.6. The number of aryl methyl sites for hydroxylation is 1. The maximum atomic E-state index is 14.8. The fraction of sp³-hybridized carbons (Fsp3) is 0.516. The van der Waals surface area contributed by atoms with E-state index in [0.29, 0.717) is 17.5 Å². The van der Waals surface area contributed by atoms with E-state index in [2.05, 4.69) is 13.8 Å². The molecule has 2 aromatic carbocycles. The van der Waals surface area contributed by atoms with Crippen molar-refractivity contribution in [3.8, 4) is 11.1 Å². The molecule has 0 radical (unpaired) electrons. The van der Waals surface area contributed by atoms with E-state index in [1.807, 2.05) is 24.3 Å². The summed E-state index contributed by atoms with van der Waals surface area (Å²) < 4.78 is 29.3. The van der Waals surface area contributed by atoms with E-state index < -0.39 is 17.6 Å². The van der Waals surface area contributed by atoms with Gasteiger partial charge in [0.2, 0.25) is 0 Å². The first-order valence-electron chi connectivity index (χ1n) is 13.5. The lowest BCUT2D eigenvalue weighted by atomic mass is 9.95. The van der Waals surface area contributed by atoms with Crippen molar-refractivity contribution in [2.45, 2.75) is 104 Å².